The van der Waals surface area contributed by atoms with Crippen LogP contribution in [0.25, 0.3) is 0 Å². The van der Waals surface area contributed by atoms with Gasteiger partial charge in [0.1, 0.15) is 0 Å². The number of aromatic carboxylic acids is 1. The molecular formula is C8H7ClN2O3. The second-order valence-corrected chi connectivity index (χ2v) is 2.87. The predicted molar refractivity (Wildman–Crippen MR) is 50.5 cm³/mol. The van der Waals surface area contributed by atoms with Crippen LogP contribution in [0, 0.1) is 0 Å². The molecule has 1 aromatic heterocycles. The fourth-order valence-corrected chi connectivity index (χ4v) is 1.11. The van der Waals surface area contributed by atoms with E-state index in [0.29, 0.717) is 0 Å². The largest absolute Gasteiger partial charge is 0.478 e. The molecule has 0 saturated carbocycles. The minimum absolute atomic E-state index is 0.0224. The van der Waals surface area contributed by atoms with Crippen molar-refractivity contribution in [2.45, 2.75) is 6.92 Å². The molecule has 0 aliphatic carbocycles. The van der Waals surface area contributed by atoms with E-state index < -0.39 is 11.9 Å². The Balaban J connectivity index is 3.22. The number of anilines is 1. The molecule has 0 aliphatic heterocycles. The van der Waals surface area contributed by atoms with Crippen molar-refractivity contribution in [2.75, 3.05) is 5.32 Å². The molecule has 74 valence electrons. The first-order valence-corrected chi connectivity index (χ1v) is 4.05. The Morgan fingerprint density at radius 1 is 1.57 bits per heavy atom. The summed E-state index contributed by atoms with van der Waals surface area (Å²) in [6, 6.07) is 1.26. The zero-order chi connectivity index (χ0) is 10.7. The average Bonchev–Trinajstić information content (AvgIpc) is 2.07. The number of nitrogens with zero attached hydrogens (tertiary/aromatic N) is 1. The molecule has 0 bridgehead atoms. The van der Waals surface area contributed by atoms with Gasteiger partial charge in [-0.3, -0.25) is 4.79 Å². The molecule has 0 fully saturated rings. The number of amides is 1. The summed E-state index contributed by atoms with van der Waals surface area (Å²) in [6.45, 7) is 1.26. The standard InChI is InChI=1S/C8H7ClN2O3/c1-4(12)11-6-5(8(13)14)2-3-10-7(6)9/h2-3H,1H3,(H,11,12)(H,13,14). The lowest BCUT2D eigenvalue weighted by Gasteiger charge is -2.06. The summed E-state index contributed by atoms with van der Waals surface area (Å²) in [6.07, 6.45) is 1.26. The van der Waals surface area contributed by atoms with E-state index in [9.17, 15) is 9.59 Å². The third-order valence-electron chi connectivity index (χ3n) is 1.44. The molecule has 1 rings (SSSR count). The van der Waals surface area contributed by atoms with Gasteiger partial charge in [0, 0.05) is 13.1 Å². The molecule has 2 N–H and O–H groups in total. The van der Waals surface area contributed by atoms with Crippen molar-refractivity contribution in [3.63, 3.8) is 0 Å². The van der Waals surface area contributed by atoms with Crippen molar-refractivity contribution in [1.29, 1.82) is 0 Å². The van der Waals surface area contributed by atoms with Gasteiger partial charge in [-0.25, -0.2) is 9.78 Å². The Hall–Kier alpha value is -1.62. The molecule has 0 spiro atoms. The number of nitrogens with one attached hydrogen (secondary N) is 1. The third-order valence-corrected chi connectivity index (χ3v) is 1.72. The van der Waals surface area contributed by atoms with Gasteiger partial charge in [-0.1, -0.05) is 11.6 Å². The molecule has 1 aromatic rings. The van der Waals surface area contributed by atoms with Crippen LogP contribution < -0.4 is 5.32 Å². The molecule has 0 unspecified atom stereocenters. The maximum atomic E-state index is 10.7. The lowest BCUT2D eigenvalue weighted by molar-refractivity contribution is -0.114. The van der Waals surface area contributed by atoms with Gasteiger partial charge >= 0.3 is 5.97 Å². The summed E-state index contributed by atoms with van der Waals surface area (Å²) in [5.41, 5.74) is -0.0608. The molecule has 0 saturated heterocycles. The third kappa shape index (κ3) is 2.20. The summed E-state index contributed by atoms with van der Waals surface area (Å²) >= 11 is 5.63. The Morgan fingerprint density at radius 3 is 2.71 bits per heavy atom. The van der Waals surface area contributed by atoms with Crippen molar-refractivity contribution in [2.24, 2.45) is 0 Å². The molecule has 5 nitrogen and oxygen atoms in total. The summed E-state index contributed by atoms with van der Waals surface area (Å²) in [5, 5.41) is 11.0. The lowest BCUT2D eigenvalue weighted by atomic mass is 10.2. The van der Waals surface area contributed by atoms with Crippen LogP contribution >= 0.6 is 11.6 Å². The van der Waals surface area contributed by atoms with E-state index in [1.165, 1.54) is 19.2 Å². The van der Waals surface area contributed by atoms with Crippen LogP contribution in [0.5, 0.6) is 0 Å². The minimum atomic E-state index is -1.17. The van der Waals surface area contributed by atoms with Crippen molar-refractivity contribution < 1.29 is 14.7 Å². The normalized spacial score (nSPS) is 9.57. The number of carbonyl (C=O) groups excluding carboxylic acids is 1. The second-order valence-electron chi connectivity index (χ2n) is 2.51. The average molecular weight is 215 g/mol. The summed E-state index contributed by atoms with van der Waals surface area (Å²) in [4.78, 5) is 25.1. The van der Waals surface area contributed by atoms with Crippen LogP contribution in [0.15, 0.2) is 12.3 Å². The predicted octanol–water partition coefficient (Wildman–Crippen LogP) is 1.39. The molecule has 0 aliphatic rings. The number of rotatable bonds is 2. The lowest BCUT2D eigenvalue weighted by Crippen LogP contribution is -2.11. The maximum Gasteiger partial charge on any atom is 0.337 e. The summed E-state index contributed by atoms with van der Waals surface area (Å²) in [5.74, 6) is -1.57. The Labute approximate surface area is 84.7 Å². The quantitative estimate of drug-likeness (QED) is 0.730. The number of pyridine rings is 1. The number of halogens is 1. The van der Waals surface area contributed by atoms with Crippen LogP contribution in [0.3, 0.4) is 0 Å². The number of carboxylic acids is 1. The molecule has 1 heterocycles. The molecule has 0 atom stereocenters. The van der Waals surface area contributed by atoms with E-state index >= 15 is 0 Å². The molecule has 0 radical (unpaired) electrons. The highest BCUT2D eigenvalue weighted by Crippen LogP contribution is 2.23. The second kappa shape index (κ2) is 4.06. The topological polar surface area (TPSA) is 79.3 Å². The Bertz CT molecular complexity index is 392. The highest BCUT2D eigenvalue weighted by molar-refractivity contribution is 6.33. The Morgan fingerprint density at radius 2 is 2.21 bits per heavy atom. The van der Waals surface area contributed by atoms with Gasteiger partial charge in [0.25, 0.3) is 0 Å². The zero-order valence-corrected chi connectivity index (χ0v) is 8.00. The molecule has 1 amide bonds. The van der Waals surface area contributed by atoms with Gasteiger partial charge in [-0.05, 0) is 6.07 Å². The van der Waals surface area contributed by atoms with Gasteiger partial charge in [0.2, 0.25) is 5.91 Å². The monoisotopic (exact) mass is 214 g/mol. The van der Waals surface area contributed by atoms with Gasteiger partial charge in [-0.2, -0.15) is 0 Å². The van der Waals surface area contributed by atoms with Crippen molar-refractivity contribution in [3.8, 4) is 0 Å². The van der Waals surface area contributed by atoms with E-state index in [0.717, 1.165) is 0 Å². The fourth-order valence-electron chi connectivity index (χ4n) is 0.909. The van der Waals surface area contributed by atoms with E-state index in [1.807, 2.05) is 0 Å². The number of hydrogen-bond donors (Lipinski definition) is 2. The number of carboxylic acid groups (broad SMARTS) is 1. The number of carbonyl (C=O) groups is 2. The minimum Gasteiger partial charge on any atom is -0.478 e. The molecule has 14 heavy (non-hydrogen) atoms. The molecular weight excluding hydrogens is 208 g/mol. The van der Waals surface area contributed by atoms with E-state index in [1.54, 1.807) is 0 Å². The SMILES string of the molecule is CC(=O)Nc1c(C(=O)O)ccnc1Cl. The van der Waals surface area contributed by atoms with Gasteiger partial charge < -0.3 is 10.4 Å². The van der Waals surface area contributed by atoms with Gasteiger partial charge in [-0.15, -0.1) is 0 Å². The first-order valence-electron chi connectivity index (χ1n) is 3.67. The van der Waals surface area contributed by atoms with Gasteiger partial charge in [0.15, 0.2) is 5.15 Å². The first kappa shape index (κ1) is 10.5. The van der Waals surface area contributed by atoms with Gasteiger partial charge in [0.05, 0.1) is 11.3 Å². The zero-order valence-electron chi connectivity index (χ0n) is 7.24. The van der Waals surface area contributed by atoms with Crippen LogP contribution in [-0.2, 0) is 4.79 Å². The maximum absolute atomic E-state index is 10.7. The Kier molecular flexibility index (Phi) is 3.03. The molecule has 6 heteroatoms. The van der Waals surface area contributed by atoms with E-state index in [-0.39, 0.29) is 16.4 Å². The molecule has 0 aromatic carbocycles. The number of hydrogen-bond acceptors (Lipinski definition) is 3. The van der Waals surface area contributed by atoms with Crippen LogP contribution in [0.1, 0.15) is 17.3 Å². The van der Waals surface area contributed by atoms with Crippen molar-refractivity contribution in [3.05, 3.63) is 23.0 Å². The van der Waals surface area contributed by atoms with E-state index in [4.69, 9.17) is 16.7 Å². The number of aromatic nitrogens is 1. The highest BCUT2D eigenvalue weighted by Gasteiger charge is 2.14. The smallest absolute Gasteiger partial charge is 0.337 e. The van der Waals surface area contributed by atoms with E-state index in [2.05, 4.69) is 10.3 Å². The summed E-state index contributed by atoms with van der Waals surface area (Å²) in [7, 11) is 0. The summed E-state index contributed by atoms with van der Waals surface area (Å²) < 4.78 is 0. The van der Waals surface area contributed by atoms with Crippen LogP contribution in [0.2, 0.25) is 5.15 Å². The highest BCUT2D eigenvalue weighted by atomic mass is 35.5. The van der Waals surface area contributed by atoms with Crippen LogP contribution in [-0.4, -0.2) is 22.0 Å². The van der Waals surface area contributed by atoms with Crippen molar-refractivity contribution >= 4 is 29.2 Å². The fraction of sp³-hybridized carbons (Fsp3) is 0.125. The first-order chi connectivity index (χ1) is 6.52. The van der Waals surface area contributed by atoms with Crippen molar-refractivity contribution in [1.82, 2.24) is 4.98 Å². The van der Waals surface area contributed by atoms with Crippen LogP contribution in [0.4, 0.5) is 5.69 Å².